The molecule has 0 bridgehead atoms. The highest BCUT2D eigenvalue weighted by molar-refractivity contribution is 5.82. The number of hydrogen-bond donors (Lipinski definition) is 1. The predicted octanol–water partition coefficient (Wildman–Crippen LogP) is 2.55. The van der Waals surface area contributed by atoms with Crippen molar-refractivity contribution in [2.75, 3.05) is 18.5 Å². The highest BCUT2D eigenvalue weighted by Gasteiger charge is 2.43. The second-order valence-corrected chi connectivity index (χ2v) is 6.21. The van der Waals surface area contributed by atoms with Crippen LogP contribution in [0.25, 0.3) is 0 Å². The van der Waals surface area contributed by atoms with Crippen molar-refractivity contribution in [3.63, 3.8) is 0 Å². The van der Waals surface area contributed by atoms with Crippen LogP contribution >= 0.6 is 0 Å². The number of amides is 1. The first-order chi connectivity index (χ1) is 9.87. The molecule has 21 heavy (non-hydrogen) atoms. The van der Waals surface area contributed by atoms with E-state index in [1.807, 2.05) is 31.0 Å². The van der Waals surface area contributed by atoms with Gasteiger partial charge in [0.15, 0.2) is 0 Å². The largest absolute Gasteiger partial charge is 0.365 e. The summed E-state index contributed by atoms with van der Waals surface area (Å²) in [4.78, 5) is 14.2. The Hall–Kier alpha value is -2.02. The molecule has 1 fully saturated rings. The minimum Gasteiger partial charge on any atom is -0.365 e. The molecule has 1 amide bonds. The summed E-state index contributed by atoms with van der Waals surface area (Å²) in [7, 11) is 1.90. The minimum absolute atomic E-state index is 0.102. The highest BCUT2D eigenvalue weighted by atomic mass is 16.2. The SMILES string of the molecule is Cc1cccc(N(C)CC(=O)NC(C)(C#N)C2CC2)c1C. The monoisotopic (exact) mass is 285 g/mol. The third kappa shape index (κ3) is 3.36. The van der Waals surface area contributed by atoms with Gasteiger partial charge in [0.25, 0.3) is 0 Å². The average molecular weight is 285 g/mol. The van der Waals surface area contributed by atoms with Crippen molar-refractivity contribution >= 4 is 11.6 Å². The zero-order valence-corrected chi connectivity index (χ0v) is 13.2. The van der Waals surface area contributed by atoms with Gasteiger partial charge < -0.3 is 10.2 Å². The fourth-order valence-corrected chi connectivity index (χ4v) is 2.66. The number of nitrogens with one attached hydrogen (secondary N) is 1. The molecule has 1 aliphatic carbocycles. The molecule has 1 aliphatic rings. The van der Waals surface area contributed by atoms with Crippen LogP contribution < -0.4 is 10.2 Å². The second kappa shape index (κ2) is 5.77. The molecule has 1 aromatic rings. The van der Waals surface area contributed by atoms with Crippen molar-refractivity contribution in [1.82, 2.24) is 5.32 Å². The lowest BCUT2D eigenvalue weighted by Crippen LogP contribution is -2.49. The number of anilines is 1. The molecule has 4 heteroatoms. The minimum atomic E-state index is -0.723. The summed E-state index contributed by atoms with van der Waals surface area (Å²) in [5.41, 5.74) is 2.72. The van der Waals surface area contributed by atoms with Gasteiger partial charge >= 0.3 is 0 Å². The van der Waals surface area contributed by atoms with E-state index >= 15 is 0 Å². The van der Waals surface area contributed by atoms with E-state index in [1.54, 1.807) is 0 Å². The molecule has 0 heterocycles. The second-order valence-electron chi connectivity index (χ2n) is 6.21. The van der Waals surface area contributed by atoms with Crippen LogP contribution in [-0.2, 0) is 4.79 Å². The Morgan fingerprint density at radius 2 is 2.14 bits per heavy atom. The maximum atomic E-state index is 12.2. The van der Waals surface area contributed by atoms with Crippen LogP contribution in [0.1, 0.15) is 30.9 Å². The number of hydrogen-bond acceptors (Lipinski definition) is 3. The van der Waals surface area contributed by atoms with Gasteiger partial charge in [0.05, 0.1) is 12.6 Å². The maximum absolute atomic E-state index is 12.2. The number of nitrogens with zero attached hydrogens (tertiary/aromatic N) is 2. The lowest BCUT2D eigenvalue weighted by atomic mass is 9.98. The van der Waals surface area contributed by atoms with Crippen LogP contribution in [0.2, 0.25) is 0 Å². The van der Waals surface area contributed by atoms with Crippen LogP contribution in [0.5, 0.6) is 0 Å². The average Bonchev–Trinajstić information content (AvgIpc) is 3.26. The summed E-state index contributed by atoms with van der Waals surface area (Å²) in [6, 6.07) is 8.33. The van der Waals surface area contributed by atoms with Gasteiger partial charge in [-0.05, 0) is 56.7 Å². The zero-order chi connectivity index (χ0) is 15.6. The normalized spacial score (nSPS) is 16.7. The number of rotatable bonds is 5. The molecule has 2 rings (SSSR count). The van der Waals surface area contributed by atoms with Gasteiger partial charge in [-0.15, -0.1) is 0 Å². The third-order valence-electron chi connectivity index (χ3n) is 4.39. The topological polar surface area (TPSA) is 56.1 Å². The summed E-state index contributed by atoms with van der Waals surface area (Å²) in [6.45, 7) is 6.20. The van der Waals surface area contributed by atoms with Crippen molar-refractivity contribution in [2.45, 2.75) is 39.2 Å². The summed E-state index contributed by atoms with van der Waals surface area (Å²) in [5.74, 6) is 0.201. The molecule has 0 aliphatic heterocycles. The Morgan fingerprint density at radius 1 is 1.48 bits per heavy atom. The number of nitriles is 1. The van der Waals surface area contributed by atoms with Crippen molar-refractivity contribution in [3.8, 4) is 6.07 Å². The molecule has 112 valence electrons. The molecule has 0 aromatic heterocycles. The van der Waals surface area contributed by atoms with Gasteiger partial charge in [-0.3, -0.25) is 4.79 Å². The molecule has 0 spiro atoms. The Balaban J connectivity index is 2.02. The highest BCUT2D eigenvalue weighted by Crippen LogP contribution is 2.39. The van der Waals surface area contributed by atoms with Gasteiger partial charge in [-0.1, -0.05) is 12.1 Å². The van der Waals surface area contributed by atoms with Gasteiger partial charge in [0.2, 0.25) is 5.91 Å². The molecule has 4 nitrogen and oxygen atoms in total. The smallest absolute Gasteiger partial charge is 0.240 e. The van der Waals surface area contributed by atoms with Crippen LogP contribution in [-0.4, -0.2) is 25.0 Å². The van der Waals surface area contributed by atoms with E-state index in [9.17, 15) is 10.1 Å². The number of carbonyl (C=O) groups excluding carboxylic acids is 1. The number of benzene rings is 1. The molecule has 1 saturated carbocycles. The van der Waals surface area contributed by atoms with E-state index in [-0.39, 0.29) is 12.5 Å². The summed E-state index contributed by atoms with van der Waals surface area (Å²) in [6.07, 6.45) is 2.05. The molecule has 1 N–H and O–H groups in total. The number of aryl methyl sites for hydroxylation is 1. The van der Waals surface area contributed by atoms with Crippen molar-refractivity contribution in [3.05, 3.63) is 29.3 Å². The van der Waals surface area contributed by atoms with Crippen LogP contribution in [0, 0.1) is 31.1 Å². The molecule has 1 atom stereocenters. The lowest BCUT2D eigenvalue weighted by molar-refractivity contribution is -0.121. The van der Waals surface area contributed by atoms with Crippen LogP contribution in [0.3, 0.4) is 0 Å². The van der Waals surface area contributed by atoms with Gasteiger partial charge in [0.1, 0.15) is 5.54 Å². The maximum Gasteiger partial charge on any atom is 0.240 e. The standard InChI is InChI=1S/C17H23N3O/c1-12-6-5-7-15(13(12)2)20(4)10-16(21)19-17(3,11-18)14-8-9-14/h5-7,14H,8-10H2,1-4H3,(H,19,21). The Labute approximate surface area is 126 Å². The molecular formula is C17H23N3O. The Morgan fingerprint density at radius 3 is 2.71 bits per heavy atom. The fourth-order valence-electron chi connectivity index (χ4n) is 2.66. The number of likely N-dealkylation sites (N-methyl/N-ethyl adjacent to an activating group) is 1. The Kier molecular flexibility index (Phi) is 4.22. The predicted molar refractivity (Wildman–Crippen MR) is 84.1 cm³/mol. The summed E-state index contributed by atoms with van der Waals surface area (Å²) >= 11 is 0. The lowest BCUT2D eigenvalue weighted by Gasteiger charge is -2.26. The zero-order valence-electron chi connectivity index (χ0n) is 13.2. The van der Waals surface area contributed by atoms with E-state index in [4.69, 9.17) is 0 Å². The summed E-state index contributed by atoms with van der Waals surface area (Å²) in [5, 5.41) is 12.2. The van der Waals surface area contributed by atoms with E-state index in [0.717, 1.165) is 18.5 Å². The molecule has 0 radical (unpaired) electrons. The summed E-state index contributed by atoms with van der Waals surface area (Å²) < 4.78 is 0. The van der Waals surface area contributed by atoms with Gasteiger partial charge in [-0.25, -0.2) is 0 Å². The van der Waals surface area contributed by atoms with Crippen LogP contribution in [0.4, 0.5) is 5.69 Å². The third-order valence-corrected chi connectivity index (χ3v) is 4.39. The molecular weight excluding hydrogens is 262 g/mol. The Bertz CT molecular complexity index is 586. The van der Waals surface area contributed by atoms with Crippen molar-refractivity contribution < 1.29 is 4.79 Å². The van der Waals surface area contributed by atoms with Crippen LogP contribution in [0.15, 0.2) is 18.2 Å². The first-order valence-corrected chi connectivity index (χ1v) is 7.37. The van der Waals surface area contributed by atoms with Gasteiger partial charge in [-0.2, -0.15) is 5.26 Å². The quantitative estimate of drug-likeness (QED) is 0.904. The first-order valence-electron chi connectivity index (χ1n) is 7.37. The van der Waals surface area contributed by atoms with E-state index in [0.29, 0.717) is 5.92 Å². The van der Waals surface area contributed by atoms with E-state index < -0.39 is 5.54 Å². The fraction of sp³-hybridized carbons (Fsp3) is 0.529. The molecule has 1 aromatic carbocycles. The number of carbonyl (C=O) groups is 1. The first kappa shape index (κ1) is 15.4. The van der Waals surface area contributed by atoms with Crippen molar-refractivity contribution in [1.29, 1.82) is 5.26 Å². The molecule has 0 saturated heterocycles. The molecule has 1 unspecified atom stereocenters. The van der Waals surface area contributed by atoms with Gasteiger partial charge in [0, 0.05) is 12.7 Å². The van der Waals surface area contributed by atoms with E-state index in [1.165, 1.54) is 11.1 Å². The van der Waals surface area contributed by atoms with Crippen molar-refractivity contribution in [2.24, 2.45) is 5.92 Å². The van der Waals surface area contributed by atoms with E-state index in [2.05, 4.69) is 31.3 Å².